The summed E-state index contributed by atoms with van der Waals surface area (Å²) >= 11 is 0. The summed E-state index contributed by atoms with van der Waals surface area (Å²) in [6.07, 6.45) is 2.48. The number of amides is 2. The summed E-state index contributed by atoms with van der Waals surface area (Å²) in [5.41, 5.74) is 3.10. The minimum atomic E-state index is -0.988. The number of rotatable bonds is 6. The minimum Gasteiger partial charge on any atom is -1.00 e. The van der Waals surface area contributed by atoms with Gasteiger partial charge in [-0.3, -0.25) is 14.4 Å². The predicted molar refractivity (Wildman–Crippen MR) is 185 cm³/mol. The molecule has 2 aromatic rings. The smallest absolute Gasteiger partial charge is 1.00 e. The van der Waals surface area contributed by atoms with Crippen LogP contribution in [0, 0.1) is 11.3 Å². The summed E-state index contributed by atoms with van der Waals surface area (Å²) in [5.74, 6) is -2.43. The fraction of sp³-hybridized carbons (Fsp3) is 0.486. The normalized spacial score (nSPS) is 15.8. The van der Waals surface area contributed by atoms with Crippen LogP contribution in [0.4, 0.5) is 0 Å². The van der Waals surface area contributed by atoms with Crippen LogP contribution in [0.15, 0.2) is 48.5 Å². The van der Waals surface area contributed by atoms with Crippen molar-refractivity contribution >= 4 is 58.6 Å². The Morgan fingerprint density at radius 1 is 0.700 bits per heavy atom. The number of fused-ring (bicyclic) bond motifs is 2. The van der Waals surface area contributed by atoms with Gasteiger partial charge in [-0.05, 0) is 28.7 Å². The molecule has 2 amide bonds. The number of hydrogen-bond donors (Lipinski definition) is 0. The van der Waals surface area contributed by atoms with Crippen LogP contribution in [-0.4, -0.2) is 102 Å². The Morgan fingerprint density at radius 3 is 1.38 bits per heavy atom. The van der Waals surface area contributed by atoms with E-state index in [0.29, 0.717) is 19.3 Å². The van der Waals surface area contributed by atoms with E-state index < -0.39 is 53.0 Å². The molecule has 270 valence electrons. The molecule has 2 heterocycles. The second-order valence-corrected chi connectivity index (χ2v) is 12.5. The van der Waals surface area contributed by atoms with Crippen LogP contribution in [0.3, 0.4) is 0 Å². The fourth-order valence-electron chi connectivity index (χ4n) is 4.95. The van der Waals surface area contributed by atoms with Crippen molar-refractivity contribution in [1.29, 1.82) is 0 Å². The standard InChI is InChI=1S/C18H23NO4.C14H15NO5.C5H11.ClH.Mg/c1-5-18(2,3)15(20)16(21)19-11-13-9-7-6-8-12(13)10-14(19)17(22)23-4;1-19-13(17)11-7-9-5-3-4-6-10(9)8-15(11)12(16)14(18)20-2;1-4-5(2)3;;/h6-9,14H,5,10-11H2,1-4H3;3-6,11H,7-8H2,1-2H3;4H2,1-3H3;1H;/q;;-1;;+2/p-1. The van der Waals surface area contributed by atoms with E-state index in [1.807, 2.05) is 55.5 Å². The molecule has 0 N–H and O–H groups in total. The Kier molecular flexibility index (Phi) is 20.2. The molecule has 11 nitrogen and oxygen atoms in total. The van der Waals surface area contributed by atoms with Crippen LogP contribution < -0.4 is 12.4 Å². The van der Waals surface area contributed by atoms with Crippen molar-refractivity contribution < 1.29 is 55.4 Å². The van der Waals surface area contributed by atoms with Crippen LogP contribution in [0.1, 0.15) is 76.6 Å². The topological polar surface area (TPSA) is 137 Å². The number of methoxy groups -OCH3 is 3. The summed E-state index contributed by atoms with van der Waals surface area (Å²) < 4.78 is 14.0. The third-order valence-corrected chi connectivity index (χ3v) is 8.73. The number of ether oxygens (including phenoxy) is 3. The van der Waals surface area contributed by atoms with E-state index in [-0.39, 0.29) is 48.5 Å². The molecule has 0 saturated carbocycles. The average molecular weight is 726 g/mol. The molecule has 0 radical (unpaired) electrons. The molecule has 2 atom stereocenters. The Balaban J connectivity index is 0.000000822. The van der Waals surface area contributed by atoms with Crippen molar-refractivity contribution in [3.8, 4) is 0 Å². The number of benzene rings is 2. The van der Waals surface area contributed by atoms with Gasteiger partial charge in [0, 0.05) is 31.3 Å². The number of esters is 3. The number of carbonyl (C=O) groups is 6. The number of ketones is 1. The summed E-state index contributed by atoms with van der Waals surface area (Å²) in [6, 6.07) is 13.5. The first kappa shape index (κ1) is 46.5. The van der Waals surface area contributed by atoms with Gasteiger partial charge >= 0.3 is 46.9 Å². The zero-order chi connectivity index (χ0) is 36.2. The molecule has 4 rings (SSSR count). The average Bonchev–Trinajstić information content (AvgIpc) is 3.12. The van der Waals surface area contributed by atoms with Crippen molar-refractivity contribution in [3.05, 3.63) is 76.7 Å². The third-order valence-electron chi connectivity index (χ3n) is 8.73. The molecule has 2 aliphatic heterocycles. The molecule has 2 aromatic carbocycles. The third kappa shape index (κ3) is 12.1. The van der Waals surface area contributed by atoms with Crippen LogP contribution in [0.5, 0.6) is 0 Å². The molecular formula is C37H49ClMgN2O9. The van der Waals surface area contributed by atoms with E-state index in [2.05, 4.69) is 25.5 Å². The second-order valence-electron chi connectivity index (χ2n) is 12.5. The van der Waals surface area contributed by atoms with Gasteiger partial charge in [0.05, 0.1) is 21.3 Å². The summed E-state index contributed by atoms with van der Waals surface area (Å²) in [5, 5.41) is 0. The minimum absolute atomic E-state index is 0. The van der Waals surface area contributed by atoms with E-state index in [1.165, 1.54) is 36.4 Å². The van der Waals surface area contributed by atoms with Crippen molar-refractivity contribution in [3.63, 3.8) is 0 Å². The largest absolute Gasteiger partial charge is 2.00 e. The van der Waals surface area contributed by atoms with Gasteiger partial charge in [-0.1, -0.05) is 76.2 Å². The number of hydrogen-bond acceptors (Lipinski definition) is 9. The molecule has 0 saturated heterocycles. The molecule has 0 fully saturated rings. The Labute approximate surface area is 318 Å². The van der Waals surface area contributed by atoms with E-state index >= 15 is 0 Å². The van der Waals surface area contributed by atoms with Crippen LogP contribution >= 0.6 is 0 Å². The van der Waals surface area contributed by atoms with Gasteiger partial charge in [-0.15, -0.1) is 0 Å². The van der Waals surface area contributed by atoms with Crippen LogP contribution in [-0.2, 0) is 68.9 Å². The zero-order valence-electron chi connectivity index (χ0n) is 30.7. The van der Waals surface area contributed by atoms with Gasteiger partial charge in [0.1, 0.15) is 12.1 Å². The van der Waals surface area contributed by atoms with Crippen LogP contribution in [0.2, 0.25) is 0 Å². The van der Waals surface area contributed by atoms with Gasteiger partial charge in [-0.25, -0.2) is 14.4 Å². The molecule has 0 aromatic heterocycles. The SMILES string of the molecule is CCC(C)(C)C(=O)C(=O)N1Cc2ccccc2CC1C(=O)OC.CC[C-](C)C.COC(=O)C(=O)N1Cc2ccccc2CC1C(=O)OC.[Cl-].[Mg+2]. The summed E-state index contributed by atoms with van der Waals surface area (Å²) in [4.78, 5) is 75.2. The predicted octanol–water partition coefficient (Wildman–Crippen LogP) is 1.04. The van der Waals surface area contributed by atoms with Gasteiger partial charge in [0.2, 0.25) is 5.78 Å². The molecule has 2 unspecified atom stereocenters. The number of Topliss-reactive ketones (excluding diaryl/α,β-unsaturated/α-hetero) is 1. The fourth-order valence-corrected chi connectivity index (χ4v) is 4.95. The Morgan fingerprint density at radius 2 is 1.06 bits per heavy atom. The monoisotopic (exact) mass is 724 g/mol. The molecule has 50 heavy (non-hydrogen) atoms. The molecule has 0 spiro atoms. The van der Waals surface area contributed by atoms with E-state index in [0.717, 1.165) is 29.4 Å². The number of halogens is 1. The maximum atomic E-state index is 12.7. The van der Waals surface area contributed by atoms with E-state index in [1.54, 1.807) is 13.8 Å². The Hall–Kier alpha value is -3.48. The first-order valence-electron chi connectivity index (χ1n) is 16.0. The van der Waals surface area contributed by atoms with E-state index in [4.69, 9.17) is 9.47 Å². The van der Waals surface area contributed by atoms with Crippen molar-refractivity contribution in [1.82, 2.24) is 9.80 Å². The zero-order valence-corrected chi connectivity index (χ0v) is 32.8. The van der Waals surface area contributed by atoms with Gasteiger partial charge < -0.3 is 42.3 Å². The van der Waals surface area contributed by atoms with Crippen LogP contribution in [0.25, 0.3) is 0 Å². The van der Waals surface area contributed by atoms with E-state index in [9.17, 15) is 28.8 Å². The maximum absolute atomic E-state index is 12.7. The molecule has 0 aliphatic carbocycles. The first-order valence-corrected chi connectivity index (χ1v) is 16.0. The van der Waals surface area contributed by atoms with Crippen molar-refractivity contribution in [2.45, 2.75) is 92.4 Å². The molecular weight excluding hydrogens is 676 g/mol. The molecule has 2 aliphatic rings. The summed E-state index contributed by atoms with van der Waals surface area (Å²) in [6.45, 7) is 12.2. The van der Waals surface area contributed by atoms with Gasteiger partial charge in [0.25, 0.3) is 5.91 Å². The molecule has 13 heteroatoms. The first-order chi connectivity index (χ1) is 22.7. The summed E-state index contributed by atoms with van der Waals surface area (Å²) in [7, 11) is 3.68. The number of nitrogens with zero attached hydrogens (tertiary/aromatic N) is 2. The second kappa shape index (κ2) is 21.7. The number of carbonyl (C=O) groups excluding carboxylic acids is 6. The van der Waals surface area contributed by atoms with Gasteiger partial charge in [0.15, 0.2) is 0 Å². The quantitative estimate of drug-likeness (QED) is 0.141. The maximum Gasteiger partial charge on any atom is 2.00 e. The van der Waals surface area contributed by atoms with Gasteiger partial charge in [-0.2, -0.15) is 20.3 Å². The molecule has 0 bridgehead atoms. The van der Waals surface area contributed by atoms with Crippen molar-refractivity contribution in [2.24, 2.45) is 5.41 Å². The van der Waals surface area contributed by atoms with Crippen molar-refractivity contribution in [2.75, 3.05) is 21.3 Å². The Bertz CT molecular complexity index is 1480.